The molecule has 1 heterocycles. The van der Waals surface area contributed by atoms with Crippen molar-refractivity contribution in [1.29, 1.82) is 0 Å². The Bertz CT molecular complexity index is 891. The Labute approximate surface area is 149 Å². The fourth-order valence-electron chi connectivity index (χ4n) is 2.53. The maximum absolute atomic E-state index is 12.7. The minimum absolute atomic E-state index is 0.313. The van der Waals surface area contributed by atoms with Crippen molar-refractivity contribution in [2.45, 2.75) is 5.75 Å². The predicted octanol–water partition coefficient (Wildman–Crippen LogP) is 5.21. The highest BCUT2D eigenvalue weighted by atomic mass is 35.5. The minimum Gasteiger partial charge on any atom is -0.495 e. The number of fused-ring (bicyclic) bond motifs is 1. The number of methoxy groups -OCH3 is 1. The van der Waals surface area contributed by atoms with Crippen LogP contribution in [0.3, 0.4) is 0 Å². The number of furan rings is 1. The molecular formula is C18H16ClNO3S. The Kier molecular flexibility index (Phi) is 5.02. The van der Waals surface area contributed by atoms with Gasteiger partial charge in [-0.25, -0.2) is 0 Å². The summed E-state index contributed by atoms with van der Waals surface area (Å²) in [5, 5.41) is 4.29. The van der Waals surface area contributed by atoms with Gasteiger partial charge >= 0.3 is 0 Å². The average Bonchev–Trinajstić information content (AvgIpc) is 2.94. The first-order chi connectivity index (χ1) is 11.6. The second kappa shape index (κ2) is 7.20. The molecule has 4 nitrogen and oxygen atoms in total. The Morgan fingerprint density at radius 3 is 2.83 bits per heavy atom. The van der Waals surface area contributed by atoms with Crippen molar-refractivity contribution in [2.75, 3.05) is 18.7 Å². The molecule has 1 amide bonds. The number of carbonyl (C=O) groups is 1. The van der Waals surface area contributed by atoms with Crippen LogP contribution in [0.1, 0.15) is 16.1 Å². The molecule has 0 bridgehead atoms. The van der Waals surface area contributed by atoms with E-state index >= 15 is 0 Å². The number of amides is 1. The Morgan fingerprint density at radius 2 is 2.08 bits per heavy atom. The van der Waals surface area contributed by atoms with Gasteiger partial charge in [-0.15, -0.1) is 0 Å². The van der Waals surface area contributed by atoms with Crippen LogP contribution in [-0.2, 0) is 5.75 Å². The van der Waals surface area contributed by atoms with Gasteiger partial charge in [-0.3, -0.25) is 4.79 Å². The van der Waals surface area contributed by atoms with E-state index in [1.165, 1.54) is 0 Å². The van der Waals surface area contributed by atoms with E-state index in [-0.39, 0.29) is 5.91 Å². The number of nitrogens with one attached hydrogen (secondary N) is 1. The summed E-state index contributed by atoms with van der Waals surface area (Å²) in [5.74, 6) is 1.21. The van der Waals surface area contributed by atoms with Gasteiger partial charge in [0.05, 0.1) is 12.8 Å². The highest BCUT2D eigenvalue weighted by Gasteiger charge is 2.21. The fraction of sp³-hybridized carbons (Fsp3) is 0.167. The van der Waals surface area contributed by atoms with Crippen LogP contribution in [0.15, 0.2) is 46.9 Å². The van der Waals surface area contributed by atoms with Crippen LogP contribution < -0.4 is 10.1 Å². The second-order valence-corrected chi connectivity index (χ2v) is 6.44. The van der Waals surface area contributed by atoms with Crippen molar-refractivity contribution in [3.05, 3.63) is 58.8 Å². The standard InChI is InChI=1S/C18H16ClNO3S/c1-22-16-8-7-11(19)9-14(16)20-18(21)17-13(10-24-2)12-5-3-4-6-15(12)23-17/h3-9H,10H2,1-2H3,(H,20,21). The predicted molar refractivity (Wildman–Crippen MR) is 99.4 cm³/mol. The van der Waals surface area contributed by atoms with Crippen LogP contribution >= 0.6 is 23.4 Å². The number of carbonyl (C=O) groups excluding carboxylic acids is 1. The van der Waals surface area contributed by atoms with Crippen LogP contribution in [0, 0.1) is 0 Å². The lowest BCUT2D eigenvalue weighted by Crippen LogP contribution is -2.13. The first kappa shape index (κ1) is 16.7. The maximum atomic E-state index is 12.7. The molecule has 1 aromatic heterocycles. The zero-order valence-corrected chi connectivity index (χ0v) is 14.8. The topological polar surface area (TPSA) is 51.5 Å². The first-order valence-electron chi connectivity index (χ1n) is 7.28. The van der Waals surface area contributed by atoms with Crippen LogP contribution in [0.5, 0.6) is 5.75 Å². The van der Waals surface area contributed by atoms with E-state index < -0.39 is 0 Å². The monoisotopic (exact) mass is 361 g/mol. The number of ether oxygens (including phenoxy) is 1. The minimum atomic E-state index is -0.323. The van der Waals surface area contributed by atoms with Crippen molar-refractivity contribution in [1.82, 2.24) is 0 Å². The number of benzene rings is 2. The van der Waals surface area contributed by atoms with Crippen molar-refractivity contribution < 1.29 is 13.9 Å². The molecule has 3 rings (SSSR count). The highest BCUT2D eigenvalue weighted by Crippen LogP contribution is 2.31. The summed E-state index contributed by atoms with van der Waals surface area (Å²) in [4.78, 5) is 12.7. The summed E-state index contributed by atoms with van der Waals surface area (Å²) < 4.78 is 11.1. The third kappa shape index (κ3) is 3.23. The Morgan fingerprint density at radius 1 is 1.29 bits per heavy atom. The number of hydrogen-bond donors (Lipinski definition) is 1. The molecule has 0 aliphatic rings. The molecule has 0 aliphatic heterocycles. The van der Waals surface area contributed by atoms with Crippen molar-refractivity contribution in [3.8, 4) is 5.75 Å². The summed E-state index contributed by atoms with van der Waals surface area (Å²) in [5.41, 5.74) is 2.09. The van der Waals surface area contributed by atoms with E-state index in [1.807, 2.05) is 30.5 Å². The number of thioether (sulfide) groups is 1. The molecule has 0 unspecified atom stereocenters. The Hall–Kier alpha value is -2.11. The van der Waals surface area contributed by atoms with Crippen molar-refractivity contribution in [2.24, 2.45) is 0 Å². The van der Waals surface area contributed by atoms with E-state index in [9.17, 15) is 4.79 Å². The smallest absolute Gasteiger partial charge is 0.291 e. The van der Waals surface area contributed by atoms with Gasteiger partial charge in [-0.05, 0) is 30.5 Å². The van der Waals surface area contributed by atoms with E-state index in [0.29, 0.717) is 33.6 Å². The molecule has 3 aromatic rings. The normalized spacial score (nSPS) is 10.8. The lowest BCUT2D eigenvalue weighted by Gasteiger charge is -2.10. The number of rotatable bonds is 5. The molecule has 2 aromatic carbocycles. The van der Waals surface area contributed by atoms with Gasteiger partial charge in [0.15, 0.2) is 5.76 Å². The zero-order valence-electron chi connectivity index (χ0n) is 13.3. The van der Waals surface area contributed by atoms with Gasteiger partial charge in [0, 0.05) is 21.7 Å². The van der Waals surface area contributed by atoms with E-state index in [0.717, 1.165) is 10.9 Å². The molecule has 24 heavy (non-hydrogen) atoms. The number of anilines is 1. The largest absolute Gasteiger partial charge is 0.495 e. The molecule has 0 spiro atoms. The number of hydrogen-bond acceptors (Lipinski definition) is 4. The summed E-state index contributed by atoms with van der Waals surface area (Å²) in [7, 11) is 1.54. The molecule has 0 aliphatic carbocycles. The van der Waals surface area contributed by atoms with E-state index in [1.54, 1.807) is 37.1 Å². The molecule has 0 radical (unpaired) electrons. The quantitative estimate of drug-likeness (QED) is 0.677. The molecule has 0 fully saturated rings. The summed E-state index contributed by atoms with van der Waals surface area (Å²) in [6.07, 6.45) is 1.99. The van der Waals surface area contributed by atoms with Crippen LogP contribution in [-0.4, -0.2) is 19.3 Å². The third-order valence-corrected chi connectivity index (χ3v) is 4.42. The van der Waals surface area contributed by atoms with Gasteiger partial charge in [0.25, 0.3) is 5.91 Å². The average molecular weight is 362 g/mol. The van der Waals surface area contributed by atoms with Gasteiger partial charge in [0.2, 0.25) is 0 Å². The van der Waals surface area contributed by atoms with Crippen molar-refractivity contribution in [3.63, 3.8) is 0 Å². The summed E-state index contributed by atoms with van der Waals surface area (Å²) in [6, 6.07) is 12.7. The summed E-state index contributed by atoms with van der Waals surface area (Å²) in [6.45, 7) is 0. The molecule has 124 valence electrons. The molecule has 0 atom stereocenters. The number of halogens is 1. The second-order valence-electron chi connectivity index (χ2n) is 5.14. The fourth-order valence-corrected chi connectivity index (χ4v) is 3.27. The Balaban J connectivity index is 2.00. The lowest BCUT2D eigenvalue weighted by molar-refractivity contribution is 0.0997. The molecule has 0 saturated carbocycles. The van der Waals surface area contributed by atoms with Crippen LogP contribution in [0.4, 0.5) is 5.69 Å². The van der Waals surface area contributed by atoms with Gasteiger partial charge in [-0.2, -0.15) is 11.8 Å². The van der Waals surface area contributed by atoms with Crippen LogP contribution in [0.25, 0.3) is 11.0 Å². The SMILES string of the molecule is COc1ccc(Cl)cc1NC(=O)c1oc2ccccc2c1CSC. The molecule has 6 heteroatoms. The molecule has 1 N–H and O–H groups in total. The van der Waals surface area contributed by atoms with Gasteiger partial charge in [0.1, 0.15) is 11.3 Å². The van der Waals surface area contributed by atoms with Gasteiger partial charge < -0.3 is 14.5 Å². The molecule has 0 saturated heterocycles. The third-order valence-electron chi connectivity index (χ3n) is 3.60. The highest BCUT2D eigenvalue weighted by molar-refractivity contribution is 7.97. The lowest BCUT2D eigenvalue weighted by atomic mass is 10.1. The number of para-hydroxylation sites is 1. The first-order valence-corrected chi connectivity index (χ1v) is 9.05. The van der Waals surface area contributed by atoms with E-state index in [2.05, 4.69) is 5.32 Å². The van der Waals surface area contributed by atoms with Crippen molar-refractivity contribution >= 4 is 45.9 Å². The maximum Gasteiger partial charge on any atom is 0.291 e. The summed E-state index contributed by atoms with van der Waals surface area (Å²) >= 11 is 7.65. The van der Waals surface area contributed by atoms with Gasteiger partial charge in [-0.1, -0.05) is 29.8 Å². The molecular weight excluding hydrogens is 346 g/mol. The van der Waals surface area contributed by atoms with E-state index in [4.69, 9.17) is 20.8 Å². The zero-order chi connectivity index (χ0) is 17.1. The van der Waals surface area contributed by atoms with Crippen LogP contribution in [0.2, 0.25) is 5.02 Å².